The van der Waals surface area contributed by atoms with Crippen molar-refractivity contribution in [3.05, 3.63) is 72.6 Å². The van der Waals surface area contributed by atoms with Crippen LogP contribution in [0, 0.1) is 0 Å². The van der Waals surface area contributed by atoms with Gasteiger partial charge in [-0.15, -0.1) is 11.8 Å². The Balaban J connectivity index is 1.58. The molecule has 0 saturated carbocycles. The number of benzene rings is 2. The normalized spacial score (nSPS) is 11.0. The molecule has 0 aliphatic carbocycles. The van der Waals surface area contributed by atoms with Gasteiger partial charge < -0.3 is 0 Å². The highest BCUT2D eigenvalue weighted by Crippen LogP contribution is 2.29. The fourth-order valence-corrected chi connectivity index (χ4v) is 4.37. The fraction of sp³-hybridized carbons (Fsp3) is 0.190. The van der Waals surface area contributed by atoms with Crippen LogP contribution in [0.15, 0.2) is 71.9 Å². The third-order valence-corrected chi connectivity index (χ3v) is 6.24. The number of para-hydroxylation sites is 1. The number of aromatic nitrogens is 3. The van der Waals surface area contributed by atoms with Crippen molar-refractivity contribution in [3.63, 3.8) is 0 Å². The summed E-state index contributed by atoms with van der Waals surface area (Å²) in [5.41, 5.74) is 1.93. The molecule has 0 unspecified atom stereocenters. The van der Waals surface area contributed by atoms with E-state index in [1.165, 1.54) is 4.90 Å². The van der Waals surface area contributed by atoms with Crippen molar-refractivity contribution >= 4 is 44.4 Å². The van der Waals surface area contributed by atoms with Gasteiger partial charge in [0.15, 0.2) is 5.13 Å². The highest BCUT2D eigenvalue weighted by molar-refractivity contribution is 7.98. The van der Waals surface area contributed by atoms with E-state index in [1.54, 1.807) is 34.2 Å². The molecule has 7 heteroatoms. The molecule has 142 valence electrons. The van der Waals surface area contributed by atoms with Gasteiger partial charge in [0.05, 0.1) is 23.2 Å². The molecule has 0 fully saturated rings. The van der Waals surface area contributed by atoms with E-state index in [1.807, 2.05) is 59.6 Å². The van der Waals surface area contributed by atoms with E-state index in [9.17, 15) is 4.79 Å². The second-order valence-electron chi connectivity index (χ2n) is 6.30. The smallest absolute Gasteiger partial charge is 0.233 e. The topological polar surface area (TPSA) is 51.0 Å². The van der Waals surface area contributed by atoms with E-state index in [2.05, 4.69) is 17.2 Å². The Bertz CT molecular complexity index is 1020. The van der Waals surface area contributed by atoms with E-state index < -0.39 is 0 Å². The quantitative estimate of drug-likeness (QED) is 0.423. The summed E-state index contributed by atoms with van der Waals surface area (Å²) >= 11 is 3.24. The van der Waals surface area contributed by atoms with E-state index in [-0.39, 0.29) is 5.91 Å². The summed E-state index contributed by atoms with van der Waals surface area (Å²) in [6.07, 6.45) is 6.05. The number of nitrogens with zero attached hydrogens (tertiary/aromatic N) is 4. The van der Waals surface area contributed by atoms with E-state index in [0.29, 0.717) is 19.5 Å². The molecule has 0 N–H and O–H groups in total. The van der Waals surface area contributed by atoms with E-state index in [4.69, 9.17) is 4.98 Å². The van der Waals surface area contributed by atoms with E-state index >= 15 is 0 Å². The van der Waals surface area contributed by atoms with Crippen LogP contribution >= 0.6 is 23.1 Å². The van der Waals surface area contributed by atoms with Crippen molar-refractivity contribution in [2.75, 3.05) is 17.7 Å². The maximum absolute atomic E-state index is 13.2. The number of carbonyl (C=O) groups is 1. The Morgan fingerprint density at radius 2 is 1.96 bits per heavy atom. The zero-order valence-electron chi connectivity index (χ0n) is 15.5. The number of hydrogen-bond acceptors (Lipinski definition) is 5. The third kappa shape index (κ3) is 4.26. The van der Waals surface area contributed by atoms with Crippen molar-refractivity contribution in [1.82, 2.24) is 14.8 Å². The summed E-state index contributed by atoms with van der Waals surface area (Å²) in [7, 11) is 0. The molecule has 0 bridgehead atoms. The number of hydrogen-bond donors (Lipinski definition) is 0. The van der Waals surface area contributed by atoms with Gasteiger partial charge in [-0.3, -0.25) is 14.4 Å². The van der Waals surface area contributed by atoms with Crippen LogP contribution in [0.1, 0.15) is 5.56 Å². The predicted molar refractivity (Wildman–Crippen MR) is 116 cm³/mol. The number of thioether (sulfide) groups is 1. The minimum atomic E-state index is 0.0445. The largest absolute Gasteiger partial charge is 0.286 e. The number of fused-ring (bicyclic) bond motifs is 1. The van der Waals surface area contributed by atoms with Crippen LogP contribution in [-0.4, -0.2) is 33.5 Å². The molecule has 0 radical (unpaired) electrons. The number of amides is 1. The van der Waals surface area contributed by atoms with Gasteiger partial charge >= 0.3 is 0 Å². The van der Waals surface area contributed by atoms with Crippen LogP contribution in [0.2, 0.25) is 0 Å². The van der Waals surface area contributed by atoms with Crippen molar-refractivity contribution in [1.29, 1.82) is 0 Å². The Morgan fingerprint density at radius 1 is 1.14 bits per heavy atom. The molecule has 4 rings (SSSR count). The van der Waals surface area contributed by atoms with Gasteiger partial charge in [0.1, 0.15) is 0 Å². The first kappa shape index (κ1) is 18.7. The van der Waals surface area contributed by atoms with Crippen LogP contribution in [0.5, 0.6) is 0 Å². The average Bonchev–Trinajstić information content (AvgIpc) is 3.38. The minimum Gasteiger partial charge on any atom is -0.286 e. The molecule has 5 nitrogen and oxygen atoms in total. The maximum Gasteiger partial charge on any atom is 0.233 e. The highest BCUT2D eigenvalue weighted by atomic mass is 32.2. The van der Waals surface area contributed by atoms with Crippen LogP contribution in [-0.2, 0) is 17.8 Å². The molecule has 0 aliphatic heterocycles. The molecule has 0 spiro atoms. The molecule has 2 aromatic heterocycles. The lowest BCUT2D eigenvalue weighted by molar-refractivity contribution is -0.118. The van der Waals surface area contributed by atoms with Gasteiger partial charge in [0.25, 0.3) is 0 Å². The SMILES string of the molecule is CSc1ccc(CC(=O)N(CCn2cccn2)c2nc3ccccc3s2)cc1. The van der Waals surface area contributed by atoms with Gasteiger partial charge in [-0.25, -0.2) is 4.98 Å². The fourth-order valence-electron chi connectivity index (χ4n) is 2.95. The van der Waals surface area contributed by atoms with Crippen LogP contribution in [0.3, 0.4) is 0 Å². The second kappa shape index (κ2) is 8.58. The van der Waals surface area contributed by atoms with Crippen molar-refractivity contribution in [2.45, 2.75) is 17.9 Å². The summed E-state index contributed by atoms with van der Waals surface area (Å²) in [4.78, 5) is 20.8. The summed E-state index contributed by atoms with van der Waals surface area (Å²) in [6.45, 7) is 1.16. The molecule has 1 amide bonds. The Morgan fingerprint density at radius 3 is 2.68 bits per heavy atom. The van der Waals surface area contributed by atoms with Gasteiger partial charge in [-0.1, -0.05) is 35.6 Å². The maximum atomic E-state index is 13.2. The van der Waals surface area contributed by atoms with Gasteiger partial charge in [-0.2, -0.15) is 5.10 Å². The first-order chi connectivity index (χ1) is 13.7. The summed E-state index contributed by atoms with van der Waals surface area (Å²) in [6, 6.07) is 18.0. The van der Waals surface area contributed by atoms with Crippen molar-refractivity contribution in [3.8, 4) is 0 Å². The van der Waals surface area contributed by atoms with Crippen LogP contribution in [0.25, 0.3) is 10.2 Å². The molecule has 0 saturated heterocycles. The van der Waals surface area contributed by atoms with Crippen molar-refractivity contribution < 1.29 is 4.79 Å². The summed E-state index contributed by atoms with van der Waals surface area (Å²) in [5, 5.41) is 4.98. The van der Waals surface area contributed by atoms with Gasteiger partial charge in [0.2, 0.25) is 5.91 Å². The Kier molecular flexibility index (Phi) is 5.73. The predicted octanol–water partition coefficient (Wildman–Crippen LogP) is 4.49. The average molecular weight is 409 g/mol. The number of anilines is 1. The third-order valence-electron chi connectivity index (χ3n) is 4.44. The first-order valence-corrected chi connectivity index (χ1v) is 11.0. The Labute approximate surface area is 172 Å². The van der Waals surface area contributed by atoms with E-state index in [0.717, 1.165) is 20.9 Å². The minimum absolute atomic E-state index is 0.0445. The molecule has 0 atom stereocenters. The monoisotopic (exact) mass is 408 g/mol. The molecular weight excluding hydrogens is 388 g/mol. The standard InChI is InChI=1S/C21H20N4OS2/c1-27-17-9-7-16(8-10-17)15-20(26)25(14-13-24-12-4-11-22-24)21-23-18-5-2-3-6-19(18)28-21/h2-12H,13-15H2,1H3. The lowest BCUT2D eigenvalue weighted by Crippen LogP contribution is -2.35. The zero-order valence-corrected chi connectivity index (χ0v) is 17.1. The number of carbonyl (C=O) groups excluding carboxylic acids is 1. The van der Waals surface area contributed by atoms with Crippen LogP contribution in [0.4, 0.5) is 5.13 Å². The lowest BCUT2D eigenvalue weighted by Gasteiger charge is -2.20. The van der Waals surface area contributed by atoms with Crippen LogP contribution < -0.4 is 4.90 Å². The molecular formula is C21H20N4OS2. The molecule has 0 aliphatic rings. The summed E-state index contributed by atoms with van der Waals surface area (Å²) < 4.78 is 2.92. The van der Waals surface area contributed by atoms with Crippen molar-refractivity contribution in [2.24, 2.45) is 0 Å². The first-order valence-electron chi connectivity index (χ1n) is 8.99. The lowest BCUT2D eigenvalue weighted by atomic mass is 10.1. The Hall–Kier alpha value is -2.64. The van der Waals surface area contributed by atoms with Gasteiger partial charge in [0, 0.05) is 23.8 Å². The molecule has 28 heavy (non-hydrogen) atoms. The zero-order chi connectivity index (χ0) is 19.3. The summed E-state index contributed by atoms with van der Waals surface area (Å²) in [5.74, 6) is 0.0445. The number of rotatable bonds is 7. The molecule has 2 aromatic carbocycles. The number of thiazole rings is 1. The second-order valence-corrected chi connectivity index (χ2v) is 8.19. The van der Waals surface area contributed by atoms with Gasteiger partial charge in [-0.05, 0) is 42.2 Å². The molecule has 2 heterocycles. The molecule has 4 aromatic rings. The highest BCUT2D eigenvalue weighted by Gasteiger charge is 2.20.